The van der Waals surface area contributed by atoms with E-state index in [0.717, 1.165) is 11.6 Å². The SMILES string of the molecule is CC(C)c1cnc(CNCC(O)C(C)C)s1. The van der Waals surface area contributed by atoms with Crippen LogP contribution in [0.1, 0.15) is 43.5 Å². The fraction of sp³-hybridized carbons (Fsp3) is 0.750. The van der Waals surface area contributed by atoms with Gasteiger partial charge in [0, 0.05) is 24.2 Å². The predicted molar refractivity (Wildman–Crippen MR) is 68.8 cm³/mol. The maximum absolute atomic E-state index is 9.62. The number of thiazole rings is 1. The molecule has 0 spiro atoms. The van der Waals surface area contributed by atoms with Gasteiger partial charge in [-0.05, 0) is 11.8 Å². The summed E-state index contributed by atoms with van der Waals surface area (Å²) in [4.78, 5) is 5.67. The van der Waals surface area contributed by atoms with Crippen LogP contribution >= 0.6 is 11.3 Å². The monoisotopic (exact) mass is 242 g/mol. The Morgan fingerprint density at radius 2 is 2.06 bits per heavy atom. The van der Waals surface area contributed by atoms with Gasteiger partial charge in [0.15, 0.2) is 0 Å². The molecule has 1 aromatic rings. The molecule has 1 unspecified atom stereocenters. The van der Waals surface area contributed by atoms with Gasteiger partial charge < -0.3 is 10.4 Å². The van der Waals surface area contributed by atoms with Crippen LogP contribution in [0.5, 0.6) is 0 Å². The minimum absolute atomic E-state index is 0.274. The molecule has 1 atom stereocenters. The summed E-state index contributed by atoms with van der Waals surface area (Å²) in [7, 11) is 0. The maximum atomic E-state index is 9.62. The first-order chi connectivity index (χ1) is 7.50. The summed E-state index contributed by atoms with van der Waals surface area (Å²) >= 11 is 1.75. The van der Waals surface area contributed by atoms with Crippen LogP contribution in [0, 0.1) is 5.92 Å². The van der Waals surface area contributed by atoms with Crippen molar-refractivity contribution in [3.63, 3.8) is 0 Å². The highest BCUT2D eigenvalue weighted by molar-refractivity contribution is 7.11. The normalized spacial score (nSPS) is 13.7. The van der Waals surface area contributed by atoms with Crippen LogP contribution < -0.4 is 5.32 Å². The fourth-order valence-corrected chi connectivity index (χ4v) is 2.13. The molecule has 0 aliphatic heterocycles. The molecule has 3 nitrogen and oxygen atoms in total. The van der Waals surface area contributed by atoms with E-state index in [1.807, 2.05) is 20.0 Å². The maximum Gasteiger partial charge on any atom is 0.107 e. The van der Waals surface area contributed by atoms with E-state index in [-0.39, 0.29) is 6.10 Å². The van der Waals surface area contributed by atoms with Gasteiger partial charge in [-0.1, -0.05) is 27.7 Å². The Bertz CT molecular complexity index is 310. The summed E-state index contributed by atoms with van der Waals surface area (Å²) in [6.45, 7) is 9.77. The van der Waals surface area contributed by atoms with Crippen molar-refractivity contribution in [2.75, 3.05) is 6.54 Å². The largest absolute Gasteiger partial charge is 0.392 e. The molecule has 16 heavy (non-hydrogen) atoms. The molecule has 0 aliphatic carbocycles. The van der Waals surface area contributed by atoms with Crippen molar-refractivity contribution in [1.82, 2.24) is 10.3 Å². The molecule has 0 bridgehead atoms. The van der Waals surface area contributed by atoms with Crippen molar-refractivity contribution in [1.29, 1.82) is 0 Å². The quantitative estimate of drug-likeness (QED) is 0.805. The molecule has 1 rings (SSSR count). The van der Waals surface area contributed by atoms with Crippen molar-refractivity contribution in [3.05, 3.63) is 16.1 Å². The van der Waals surface area contributed by atoms with Crippen LogP contribution in [0.4, 0.5) is 0 Å². The van der Waals surface area contributed by atoms with Gasteiger partial charge in [-0.2, -0.15) is 0 Å². The summed E-state index contributed by atoms with van der Waals surface area (Å²) < 4.78 is 0. The van der Waals surface area contributed by atoms with E-state index >= 15 is 0 Å². The van der Waals surface area contributed by atoms with E-state index in [9.17, 15) is 5.11 Å². The van der Waals surface area contributed by atoms with E-state index in [0.29, 0.717) is 18.4 Å². The van der Waals surface area contributed by atoms with Crippen LogP contribution in [-0.4, -0.2) is 22.7 Å². The highest BCUT2D eigenvalue weighted by Gasteiger charge is 2.09. The number of aliphatic hydroxyl groups is 1. The minimum atomic E-state index is -0.274. The smallest absolute Gasteiger partial charge is 0.107 e. The van der Waals surface area contributed by atoms with Gasteiger partial charge in [-0.25, -0.2) is 4.98 Å². The first-order valence-corrected chi connectivity index (χ1v) is 6.65. The predicted octanol–water partition coefficient (Wildman–Crippen LogP) is 2.37. The Kier molecular flexibility index (Phi) is 5.38. The van der Waals surface area contributed by atoms with Crippen LogP contribution in [0.25, 0.3) is 0 Å². The Balaban J connectivity index is 2.32. The third-order valence-corrected chi connectivity index (χ3v) is 3.84. The van der Waals surface area contributed by atoms with E-state index in [4.69, 9.17) is 0 Å². The number of hydrogen-bond acceptors (Lipinski definition) is 4. The van der Waals surface area contributed by atoms with Crippen LogP contribution in [-0.2, 0) is 6.54 Å². The average molecular weight is 242 g/mol. The van der Waals surface area contributed by atoms with E-state index in [1.54, 1.807) is 11.3 Å². The summed E-state index contributed by atoms with van der Waals surface area (Å²) in [5.74, 6) is 0.850. The van der Waals surface area contributed by atoms with E-state index in [1.165, 1.54) is 4.88 Å². The van der Waals surface area contributed by atoms with Crippen molar-refractivity contribution >= 4 is 11.3 Å². The van der Waals surface area contributed by atoms with E-state index < -0.39 is 0 Å². The highest BCUT2D eigenvalue weighted by Crippen LogP contribution is 2.21. The summed E-state index contributed by atoms with van der Waals surface area (Å²) in [5, 5.41) is 13.9. The van der Waals surface area contributed by atoms with Crippen molar-refractivity contribution in [3.8, 4) is 0 Å². The lowest BCUT2D eigenvalue weighted by Gasteiger charge is -2.14. The second-order valence-electron chi connectivity index (χ2n) is 4.75. The summed E-state index contributed by atoms with van der Waals surface area (Å²) in [6, 6.07) is 0. The van der Waals surface area contributed by atoms with Crippen LogP contribution in [0.15, 0.2) is 6.20 Å². The first kappa shape index (κ1) is 13.6. The minimum Gasteiger partial charge on any atom is -0.392 e. The lowest BCUT2D eigenvalue weighted by atomic mass is 10.1. The van der Waals surface area contributed by atoms with Gasteiger partial charge in [0.25, 0.3) is 0 Å². The van der Waals surface area contributed by atoms with Crippen molar-refractivity contribution < 1.29 is 5.11 Å². The molecule has 0 aliphatic rings. The molecule has 4 heteroatoms. The molecule has 0 radical (unpaired) electrons. The Morgan fingerprint density at radius 3 is 2.56 bits per heavy atom. The lowest BCUT2D eigenvalue weighted by Crippen LogP contribution is -2.30. The molecule has 0 saturated heterocycles. The number of nitrogens with zero attached hydrogens (tertiary/aromatic N) is 1. The number of aliphatic hydroxyl groups excluding tert-OH is 1. The second kappa shape index (κ2) is 6.33. The average Bonchev–Trinajstić information content (AvgIpc) is 2.66. The van der Waals surface area contributed by atoms with Gasteiger partial charge >= 0.3 is 0 Å². The number of aromatic nitrogens is 1. The molecule has 1 heterocycles. The molecule has 92 valence electrons. The third kappa shape index (κ3) is 4.20. The molecule has 0 amide bonds. The fourth-order valence-electron chi connectivity index (χ4n) is 1.24. The van der Waals surface area contributed by atoms with E-state index in [2.05, 4.69) is 24.1 Å². The molecule has 0 saturated carbocycles. The molecule has 0 aromatic carbocycles. The van der Waals surface area contributed by atoms with Gasteiger partial charge in [0.1, 0.15) is 5.01 Å². The van der Waals surface area contributed by atoms with Gasteiger partial charge in [-0.15, -0.1) is 11.3 Å². The third-order valence-electron chi connectivity index (χ3n) is 2.54. The van der Waals surface area contributed by atoms with Crippen LogP contribution in [0.3, 0.4) is 0 Å². The summed E-state index contributed by atoms with van der Waals surface area (Å²) in [5.41, 5.74) is 0. The summed E-state index contributed by atoms with van der Waals surface area (Å²) in [6.07, 6.45) is 1.68. The van der Waals surface area contributed by atoms with Gasteiger partial charge in [-0.3, -0.25) is 0 Å². The number of hydrogen-bond donors (Lipinski definition) is 2. The Morgan fingerprint density at radius 1 is 1.38 bits per heavy atom. The topological polar surface area (TPSA) is 45.2 Å². The molecule has 2 N–H and O–H groups in total. The molecular formula is C12H22N2OS. The number of rotatable bonds is 6. The second-order valence-corrected chi connectivity index (χ2v) is 5.90. The molecule has 0 fully saturated rings. The van der Waals surface area contributed by atoms with Gasteiger partial charge in [0.05, 0.1) is 6.10 Å². The Labute approximate surface area is 102 Å². The van der Waals surface area contributed by atoms with Crippen LogP contribution in [0.2, 0.25) is 0 Å². The zero-order chi connectivity index (χ0) is 12.1. The zero-order valence-corrected chi connectivity index (χ0v) is 11.3. The van der Waals surface area contributed by atoms with Crippen molar-refractivity contribution in [2.45, 2.75) is 46.3 Å². The first-order valence-electron chi connectivity index (χ1n) is 5.84. The Hall–Kier alpha value is -0.450. The molecule has 1 aromatic heterocycles. The number of nitrogens with one attached hydrogen (secondary N) is 1. The standard InChI is InChI=1S/C12H22N2OS/c1-8(2)10(15)5-13-7-12-14-6-11(16-12)9(3)4/h6,8-10,13,15H,5,7H2,1-4H3. The van der Waals surface area contributed by atoms with Gasteiger partial charge in [0.2, 0.25) is 0 Å². The highest BCUT2D eigenvalue weighted by atomic mass is 32.1. The lowest BCUT2D eigenvalue weighted by molar-refractivity contribution is 0.123. The molecular weight excluding hydrogens is 220 g/mol. The van der Waals surface area contributed by atoms with Crippen molar-refractivity contribution in [2.24, 2.45) is 5.92 Å². The zero-order valence-electron chi connectivity index (χ0n) is 10.5.